The number of aromatic amines is 2. The Labute approximate surface area is 352 Å². The number of benzene rings is 4. The molecule has 60 heavy (non-hydrogen) atoms. The number of nitrogens with zero attached hydrogens (tertiary/aromatic N) is 2. The van der Waals surface area contributed by atoms with Crippen LogP contribution in [0.3, 0.4) is 0 Å². The molecule has 0 radical (unpaired) electrons. The van der Waals surface area contributed by atoms with E-state index in [1.165, 1.54) is 37.7 Å². The largest absolute Gasteiger partial charge is 0.494 e. The van der Waals surface area contributed by atoms with Gasteiger partial charge < -0.3 is 14.7 Å². The van der Waals surface area contributed by atoms with E-state index in [-0.39, 0.29) is 0 Å². The lowest BCUT2D eigenvalue weighted by Gasteiger charge is -2.09. The van der Waals surface area contributed by atoms with Crippen LogP contribution in [0.25, 0.3) is 90.9 Å². The van der Waals surface area contributed by atoms with Crippen LogP contribution >= 0.6 is 0 Å². The highest BCUT2D eigenvalue weighted by atomic mass is 16.5. The highest BCUT2D eigenvalue weighted by Crippen LogP contribution is 2.38. The summed E-state index contributed by atoms with van der Waals surface area (Å²) < 4.78 is 6.25. The number of fused-ring (bicyclic) bond motifs is 8. The molecule has 0 saturated carbocycles. The molecule has 4 aromatic carbocycles. The molecule has 5 heterocycles. The van der Waals surface area contributed by atoms with Crippen molar-refractivity contribution >= 4 is 46.4 Å². The van der Waals surface area contributed by atoms with Crippen LogP contribution in [0, 0.1) is 0 Å². The van der Waals surface area contributed by atoms with Crippen molar-refractivity contribution in [1.29, 1.82) is 0 Å². The highest BCUT2D eigenvalue weighted by Gasteiger charge is 2.19. The molecule has 5 heteroatoms. The van der Waals surface area contributed by atoms with Gasteiger partial charge in [-0.15, -0.1) is 0 Å². The molecule has 0 saturated heterocycles. The molecule has 3 aromatic heterocycles. The number of nitrogens with one attached hydrogen (secondary N) is 2. The Kier molecular flexibility index (Phi) is 11.5. The molecule has 5 nitrogen and oxygen atoms in total. The van der Waals surface area contributed by atoms with E-state index in [1.54, 1.807) is 0 Å². The van der Waals surface area contributed by atoms with Crippen molar-refractivity contribution in [3.8, 4) is 50.3 Å². The minimum atomic E-state index is 0.719. The lowest BCUT2D eigenvalue weighted by atomic mass is 10.0. The van der Waals surface area contributed by atoms with E-state index in [0.717, 1.165) is 108 Å². The van der Waals surface area contributed by atoms with Crippen molar-refractivity contribution < 1.29 is 4.74 Å². The molecule has 296 valence electrons. The average Bonchev–Trinajstić information content (AvgIpc) is 4.13. The van der Waals surface area contributed by atoms with Crippen LogP contribution < -0.4 is 4.74 Å². The molecule has 2 N–H and O–H groups in total. The normalized spacial score (nSPS) is 11.8. The molecular weight excluding hydrogens is 733 g/mol. The number of hydrogen-bond acceptors (Lipinski definition) is 3. The van der Waals surface area contributed by atoms with E-state index in [2.05, 4.69) is 194 Å². The second-order valence-corrected chi connectivity index (χ2v) is 15.8. The fourth-order valence-electron chi connectivity index (χ4n) is 8.31. The van der Waals surface area contributed by atoms with Crippen LogP contribution in [-0.4, -0.2) is 26.5 Å². The van der Waals surface area contributed by atoms with Crippen LogP contribution in [-0.2, 0) is 0 Å². The molecule has 9 rings (SSSR count). The Morgan fingerprint density at radius 3 is 1.20 bits per heavy atom. The first-order valence-corrected chi connectivity index (χ1v) is 21.3. The summed E-state index contributed by atoms with van der Waals surface area (Å²) in [6, 6.07) is 48.8. The Balaban J connectivity index is 1.20. The summed E-state index contributed by atoms with van der Waals surface area (Å²) in [5.74, 6) is 0.881. The monoisotopic (exact) mass is 782 g/mol. The maximum Gasteiger partial charge on any atom is 0.119 e. The fourth-order valence-corrected chi connectivity index (χ4v) is 8.31. The maximum atomic E-state index is 6.25. The Morgan fingerprint density at radius 2 is 0.800 bits per heavy atom. The van der Waals surface area contributed by atoms with Crippen LogP contribution in [0.15, 0.2) is 151 Å². The summed E-state index contributed by atoms with van der Waals surface area (Å²) in [6.45, 7) is 5.07. The third kappa shape index (κ3) is 8.43. The second kappa shape index (κ2) is 17.9. The van der Waals surface area contributed by atoms with Crippen molar-refractivity contribution in [2.45, 2.75) is 52.4 Å². The van der Waals surface area contributed by atoms with Gasteiger partial charge in [0.25, 0.3) is 0 Å². The van der Waals surface area contributed by atoms with Crippen LogP contribution in [0.4, 0.5) is 0 Å². The van der Waals surface area contributed by atoms with Crippen LogP contribution in [0.2, 0.25) is 0 Å². The fraction of sp³-hybridized carbons (Fsp3) is 0.164. The van der Waals surface area contributed by atoms with Crippen molar-refractivity contribution in [2.75, 3.05) is 6.61 Å². The molecule has 0 fully saturated rings. The molecule has 0 spiro atoms. The van der Waals surface area contributed by atoms with Gasteiger partial charge in [-0.3, -0.25) is 0 Å². The van der Waals surface area contributed by atoms with Crippen molar-refractivity contribution in [3.63, 3.8) is 0 Å². The van der Waals surface area contributed by atoms with E-state index >= 15 is 0 Å². The summed E-state index contributed by atoms with van der Waals surface area (Å²) in [5, 5.41) is 0. The smallest absolute Gasteiger partial charge is 0.119 e. The van der Waals surface area contributed by atoms with Crippen LogP contribution in [0.5, 0.6) is 5.75 Å². The van der Waals surface area contributed by atoms with Gasteiger partial charge >= 0.3 is 0 Å². The van der Waals surface area contributed by atoms with Crippen molar-refractivity contribution in [3.05, 3.63) is 174 Å². The standard InChI is InChI=1S/C55H50N4O/c1-38(2)18-10-5-3-4-6-17-37-60-43-27-25-42(26-28-43)55-50-35-33-48(58-50)53(40-21-13-8-14-22-40)46-31-29-44(56-46)52(39-19-11-7-12-20-39)45-30-32-47(57-45)54(41-23-15-9-16-24-41)49-34-36-51(55)59-49/h7-9,11-16,18-36,56,59H,3-6,10,17,37H2,1-2H3. The molecule has 0 amide bonds. The number of allylic oxidation sites excluding steroid dienone is 2. The van der Waals surface area contributed by atoms with Gasteiger partial charge in [0, 0.05) is 44.3 Å². The molecule has 0 unspecified atom stereocenters. The molecule has 0 atom stereocenters. The first-order valence-electron chi connectivity index (χ1n) is 21.3. The van der Waals surface area contributed by atoms with E-state index < -0.39 is 0 Å². The van der Waals surface area contributed by atoms with E-state index in [9.17, 15) is 0 Å². The number of rotatable bonds is 13. The summed E-state index contributed by atoms with van der Waals surface area (Å²) in [6.07, 6.45) is 18.1. The molecule has 0 aliphatic carbocycles. The Morgan fingerprint density at radius 1 is 0.433 bits per heavy atom. The van der Waals surface area contributed by atoms with Crippen molar-refractivity contribution in [1.82, 2.24) is 19.9 Å². The van der Waals surface area contributed by atoms with Crippen LogP contribution in [0.1, 0.15) is 75.1 Å². The molecule has 8 bridgehead atoms. The average molecular weight is 783 g/mol. The molecule has 7 aromatic rings. The maximum absolute atomic E-state index is 6.25. The SMILES string of the molecule is CC(C)=CCCCCCCCOc1ccc(-c2c3nc(c(-c4ccccc4)c4ccc([nH]4)c(-c4ccccc4)c4nc(c(-c5ccccc5)c5ccc2[nH]5)C=C4)C=C3)cc1. The minimum absolute atomic E-state index is 0.719. The third-order valence-electron chi connectivity index (χ3n) is 11.3. The second-order valence-electron chi connectivity index (χ2n) is 15.8. The van der Waals surface area contributed by atoms with E-state index in [0.29, 0.717) is 0 Å². The van der Waals surface area contributed by atoms with Gasteiger partial charge in [-0.05, 0) is 116 Å². The summed E-state index contributed by atoms with van der Waals surface area (Å²) in [7, 11) is 0. The molecular formula is C55H50N4O. The first-order chi connectivity index (χ1) is 29.6. The zero-order valence-electron chi connectivity index (χ0n) is 34.4. The van der Waals surface area contributed by atoms with Gasteiger partial charge in [-0.1, -0.05) is 134 Å². The Hall–Kier alpha value is -6.98. The summed E-state index contributed by atoms with van der Waals surface area (Å²) in [4.78, 5) is 18.5. The number of unbranched alkanes of at least 4 members (excludes halogenated alkanes) is 5. The van der Waals surface area contributed by atoms with E-state index in [1.807, 2.05) is 0 Å². The van der Waals surface area contributed by atoms with Gasteiger partial charge in [0.15, 0.2) is 0 Å². The molecule has 2 aliphatic heterocycles. The van der Waals surface area contributed by atoms with Gasteiger partial charge in [0.2, 0.25) is 0 Å². The summed E-state index contributed by atoms with van der Waals surface area (Å²) >= 11 is 0. The highest BCUT2D eigenvalue weighted by molar-refractivity contribution is 5.99. The number of H-pyrrole nitrogens is 2. The predicted molar refractivity (Wildman–Crippen MR) is 253 cm³/mol. The lowest BCUT2D eigenvalue weighted by molar-refractivity contribution is 0.304. The summed E-state index contributed by atoms with van der Waals surface area (Å²) in [5.41, 5.74) is 17.3. The lowest BCUT2D eigenvalue weighted by Crippen LogP contribution is -1.97. The van der Waals surface area contributed by atoms with Gasteiger partial charge in [-0.25, -0.2) is 9.97 Å². The first kappa shape index (κ1) is 38.5. The number of hydrogen-bond donors (Lipinski definition) is 2. The van der Waals surface area contributed by atoms with Gasteiger partial charge in [0.1, 0.15) is 5.75 Å². The zero-order valence-corrected chi connectivity index (χ0v) is 34.4. The van der Waals surface area contributed by atoms with Crippen molar-refractivity contribution in [2.24, 2.45) is 0 Å². The van der Waals surface area contributed by atoms with E-state index in [4.69, 9.17) is 14.7 Å². The number of aromatic nitrogens is 4. The Bertz CT molecular complexity index is 2820. The zero-order chi connectivity index (χ0) is 40.7. The third-order valence-corrected chi connectivity index (χ3v) is 11.3. The quantitative estimate of drug-likeness (QED) is 0.0904. The number of ether oxygens (including phenoxy) is 1. The molecule has 2 aliphatic rings. The minimum Gasteiger partial charge on any atom is -0.494 e. The predicted octanol–water partition coefficient (Wildman–Crippen LogP) is 15.0. The van der Waals surface area contributed by atoms with Gasteiger partial charge in [-0.2, -0.15) is 0 Å². The van der Waals surface area contributed by atoms with Gasteiger partial charge in [0.05, 0.1) is 29.4 Å². The topological polar surface area (TPSA) is 66.6 Å².